The number of halogens is 2. The van der Waals surface area contributed by atoms with Crippen LogP contribution in [0.25, 0.3) is 10.9 Å². The smallest absolute Gasteiger partial charge is 0.254 e. The number of fused-ring (bicyclic) bond motifs is 1. The molecule has 216 valence electrons. The van der Waals surface area contributed by atoms with Crippen LogP contribution in [0.1, 0.15) is 47.2 Å². The van der Waals surface area contributed by atoms with Crippen molar-refractivity contribution in [3.63, 3.8) is 0 Å². The molecule has 1 saturated heterocycles. The van der Waals surface area contributed by atoms with Gasteiger partial charge in [0.05, 0.1) is 5.52 Å². The van der Waals surface area contributed by atoms with Crippen molar-refractivity contribution in [1.82, 2.24) is 14.8 Å². The minimum absolute atomic E-state index is 0.0211. The van der Waals surface area contributed by atoms with Gasteiger partial charge in [-0.25, -0.2) is 0 Å². The summed E-state index contributed by atoms with van der Waals surface area (Å²) in [5.74, 6) is -0.801. The van der Waals surface area contributed by atoms with Crippen molar-refractivity contribution >= 4 is 51.8 Å². The molecule has 3 amide bonds. The number of nitrogens with zero attached hydrogens (tertiary/aromatic N) is 3. The van der Waals surface area contributed by atoms with Crippen LogP contribution in [0.5, 0.6) is 0 Å². The van der Waals surface area contributed by atoms with E-state index in [2.05, 4.69) is 4.98 Å². The SMILES string of the molecule is NC(=O)CCC(=O)N(Cc1ccnc2ccccc12)C1CCN(C(=O)c2cc(Cl)cc(Cl)c2)C(Cc2ccccc2)C1. The molecule has 1 aliphatic heterocycles. The lowest BCUT2D eigenvalue weighted by Gasteiger charge is -2.44. The zero-order valence-corrected chi connectivity index (χ0v) is 24.6. The molecule has 42 heavy (non-hydrogen) atoms. The van der Waals surface area contributed by atoms with Gasteiger partial charge in [-0.05, 0) is 60.7 Å². The first-order valence-corrected chi connectivity index (χ1v) is 14.8. The predicted octanol–water partition coefficient (Wildman–Crippen LogP) is 6.05. The van der Waals surface area contributed by atoms with E-state index in [4.69, 9.17) is 28.9 Å². The van der Waals surface area contributed by atoms with E-state index in [-0.39, 0.29) is 36.7 Å². The summed E-state index contributed by atoms with van der Waals surface area (Å²) in [5.41, 5.74) is 8.75. The molecule has 1 aliphatic rings. The first-order chi connectivity index (χ1) is 20.3. The van der Waals surface area contributed by atoms with Crippen LogP contribution >= 0.6 is 23.2 Å². The van der Waals surface area contributed by atoms with E-state index in [9.17, 15) is 14.4 Å². The van der Waals surface area contributed by atoms with Gasteiger partial charge in [0.1, 0.15) is 0 Å². The van der Waals surface area contributed by atoms with Crippen molar-refractivity contribution in [3.8, 4) is 0 Å². The highest BCUT2D eigenvalue weighted by Crippen LogP contribution is 2.30. The Balaban J connectivity index is 1.46. The molecule has 1 aromatic heterocycles. The highest BCUT2D eigenvalue weighted by molar-refractivity contribution is 6.35. The fourth-order valence-corrected chi connectivity index (χ4v) is 6.30. The second kappa shape index (κ2) is 13.4. The van der Waals surface area contributed by atoms with Gasteiger partial charge in [-0.15, -0.1) is 0 Å². The van der Waals surface area contributed by atoms with Crippen molar-refractivity contribution in [3.05, 3.63) is 112 Å². The van der Waals surface area contributed by atoms with Gasteiger partial charge < -0.3 is 15.5 Å². The second-order valence-electron chi connectivity index (χ2n) is 10.7. The van der Waals surface area contributed by atoms with Crippen LogP contribution in [-0.4, -0.2) is 51.1 Å². The Morgan fingerprint density at radius 2 is 1.64 bits per heavy atom. The van der Waals surface area contributed by atoms with Gasteiger partial charge in [0.25, 0.3) is 5.91 Å². The highest BCUT2D eigenvalue weighted by Gasteiger charge is 2.36. The minimum atomic E-state index is -0.514. The van der Waals surface area contributed by atoms with Crippen molar-refractivity contribution in [2.45, 2.75) is 50.7 Å². The summed E-state index contributed by atoms with van der Waals surface area (Å²) in [6, 6.07) is 24.3. The Morgan fingerprint density at radius 1 is 0.929 bits per heavy atom. The molecule has 0 aliphatic carbocycles. The quantitative estimate of drug-likeness (QED) is 0.252. The molecule has 5 rings (SSSR count). The molecule has 2 N–H and O–H groups in total. The number of nitrogens with two attached hydrogens (primary N) is 1. The van der Waals surface area contributed by atoms with Gasteiger partial charge in [-0.1, -0.05) is 71.7 Å². The number of hydrogen-bond acceptors (Lipinski definition) is 4. The van der Waals surface area contributed by atoms with Gasteiger partial charge in [0.2, 0.25) is 11.8 Å². The van der Waals surface area contributed by atoms with E-state index in [1.807, 2.05) is 70.5 Å². The summed E-state index contributed by atoms with van der Waals surface area (Å²) in [5, 5.41) is 1.77. The summed E-state index contributed by atoms with van der Waals surface area (Å²) in [6.07, 6.45) is 3.53. The number of amides is 3. The number of likely N-dealkylation sites (tertiary alicyclic amines) is 1. The summed E-state index contributed by atoms with van der Waals surface area (Å²) in [4.78, 5) is 47.2. The summed E-state index contributed by atoms with van der Waals surface area (Å²) < 4.78 is 0. The van der Waals surface area contributed by atoms with Gasteiger partial charge in [-0.2, -0.15) is 0 Å². The molecule has 7 nitrogen and oxygen atoms in total. The van der Waals surface area contributed by atoms with E-state index >= 15 is 0 Å². The van der Waals surface area contributed by atoms with Crippen LogP contribution in [0.3, 0.4) is 0 Å². The molecule has 0 bridgehead atoms. The van der Waals surface area contributed by atoms with Gasteiger partial charge in [0, 0.05) is 65.2 Å². The second-order valence-corrected chi connectivity index (χ2v) is 11.5. The summed E-state index contributed by atoms with van der Waals surface area (Å²) >= 11 is 12.5. The molecule has 3 aromatic carbocycles. The Morgan fingerprint density at radius 3 is 2.38 bits per heavy atom. The Hall–Kier alpha value is -3.94. The van der Waals surface area contributed by atoms with Crippen LogP contribution in [0.15, 0.2) is 85.1 Å². The number of para-hydroxylation sites is 1. The fourth-order valence-electron chi connectivity index (χ4n) is 5.77. The lowest BCUT2D eigenvalue weighted by Crippen LogP contribution is -2.54. The van der Waals surface area contributed by atoms with E-state index in [1.54, 1.807) is 24.4 Å². The Kier molecular flexibility index (Phi) is 9.40. The first kappa shape index (κ1) is 29.5. The van der Waals surface area contributed by atoms with Gasteiger partial charge in [0.15, 0.2) is 0 Å². The van der Waals surface area contributed by atoms with E-state index in [0.717, 1.165) is 22.0 Å². The normalized spacial score (nSPS) is 16.8. The number of rotatable bonds is 9. The van der Waals surface area contributed by atoms with E-state index < -0.39 is 5.91 Å². The number of pyridine rings is 1. The average molecular weight is 604 g/mol. The monoisotopic (exact) mass is 602 g/mol. The van der Waals surface area contributed by atoms with Gasteiger partial charge in [-0.3, -0.25) is 19.4 Å². The summed E-state index contributed by atoms with van der Waals surface area (Å²) in [7, 11) is 0. The molecule has 1 fully saturated rings. The average Bonchev–Trinajstić information content (AvgIpc) is 2.98. The molecular weight excluding hydrogens is 571 g/mol. The van der Waals surface area contributed by atoms with Crippen LogP contribution in [0, 0.1) is 0 Å². The molecular formula is C33H32Cl2N4O3. The number of carbonyl (C=O) groups is 3. The van der Waals surface area contributed by atoms with Crippen molar-refractivity contribution in [2.24, 2.45) is 5.73 Å². The number of hydrogen-bond donors (Lipinski definition) is 1. The molecule has 4 aromatic rings. The maximum atomic E-state index is 13.8. The number of carbonyl (C=O) groups excluding carboxylic acids is 3. The maximum Gasteiger partial charge on any atom is 0.254 e. The third kappa shape index (κ3) is 7.09. The lowest BCUT2D eigenvalue weighted by molar-refractivity contribution is -0.137. The van der Waals surface area contributed by atoms with Crippen LogP contribution in [0.4, 0.5) is 0 Å². The summed E-state index contributed by atoms with van der Waals surface area (Å²) in [6.45, 7) is 0.809. The van der Waals surface area contributed by atoms with Crippen LogP contribution in [-0.2, 0) is 22.6 Å². The van der Waals surface area contributed by atoms with Crippen molar-refractivity contribution in [1.29, 1.82) is 0 Å². The van der Waals surface area contributed by atoms with Gasteiger partial charge >= 0.3 is 0 Å². The molecule has 2 heterocycles. The van der Waals surface area contributed by atoms with Crippen LogP contribution < -0.4 is 5.73 Å². The third-order valence-electron chi connectivity index (χ3n) is 7.80. The largest absolute Gasteiger partial charge is 0.370 e. The number of primary amides is 1. The predicted molar refractivity (Wildman–Crippen MR) is 165 cm³/mol. The Bertz CT molecular complexity index is 1570. The topological polar surface area (TPSA) is 96.6 Å². The molecule has 2 atom stereocenters. The first-order valence-electron chi connectivity index (χ1n) is 14.0. The fraction of sp³-hybridized carbons (Fsp3) is 0.273. The standard InChI is InChI=1S/C33H32Cl2N4O3/c34-25-17-24(18-26(35)19-25)33(42)38-15-13-27(20-28(38)16-22-6-2-1-3-7-22)39(32(41)11-10-31(36)40)21-23-12-14-37-30-9-5-4-8-29(23)30/h1-9,12,14,17-19,27-28H,10-11,13,15-16,20-21H2,(H2,36,40). The van der Waals surface area contributed by atoms with Crippen LogP contribution in [0.2, 0.25) is 10.0 Å². The number of benzene rings is 3. The molecule has 2 unspecified atom stereocenters. The minimum Gasteiger partial charge on any atom is -0.370 e. The Labute approximate surface area is 255 Å². The molecule has 0 spiro atoms. The number of aromatic nitrogens is 1. The van der Waals surface area contributed by atoms with Crippen molar-refractivity contribution < 1.29 is 14.4 Å². The lowest BCUT2D eigenvalue weighted by atomic mass is 9.90. The molecule has 9 heteroatoms. The molecule has 0 radical (unpaired) electrons. The van der Waals surface area contributed by atoms with E-state index in [1.165, 1.54) is 0 Å². The maximum absolute atomic E-state index is 13.8. The molecule has 0 saturated carbocycles. The third-order valence-corrected chi connectivity index (χ3v) is 8.24. The number of piperidine rings is 1. The zero-order valence-electron chi connectivity index (χ0n) is 23.1. The van der Waals surface area contributed by atoms with E-state index in [0.29, 0.717) is 48.0 Å². The zero-order chi connectivity index (χ0) is 29.6. The van der Waals surface area contributed by atoms with Crippen molar-refractivity contribution in [2.75, 3.05) is 6.54 Å². The highest BCUT2D eigenvalue weighted by atomic mass is 35.5.